The predicted molar refractivity (Wildman–Crippen MR) is 116 cm³/mol. The first-order valence-electron chi connectivity index (χ1n) is 8.80. The van der Waals surface area contributed by atoms with E-state index >= 15 is 0 Å². The molecule has 31 heavy (non-hydrogen) atoms. The highest BCUT2D eigenvalue weighted by Gasteiger charge is 2.16. The highest BCUT2D eigenvalue weighted by Crippen LogP contribution is 2.21. The number of ether oxygens (including phenoxy) is 1. The Morgan fingerprint density at radius 1 is 0.839 bits per heavy atom. The highest BCUT2D eigenvalue weighted by molar-refractivity contribution is 7.92. The Morgan fingerprint density at radius 2 is 1.45 bits per heavy atom. The van der Waals surface area contributed by atoms with E-state index in [1.54, 1.807) is 0 Å². The molecule has 162 valence electrons. The molecule has 0 saturated heterocycles. The van der Waals surface area contributed by atoms with Gasteiger partial charge in [0.25, 0.3) is 15.9 Å². The zero-order chi connectivity index (χ0) is 22.6. The molecular formula is C20H19N3O6S2. The topological polar surface area (TPSA) is 145 Å². The van der Waals surface area contributed by atoms with Crippen molar-refractivity contribution in [3.05, 3.63) is 78.4 Å². The summed E-state index contributed by atoms with van der Waals surface area (Å²) in [6.45, 7) is 0. The third-order valence-electron chi connectivity index (χ3n) is 4.19. The van der Waals surface area contributed by atoms with Gasteiger partial charge in [-0.1, -0.05) is 6.07 Å². The van der Waals surface area contributed by atoms with Gasteiger partial charge in [0.05, 0.1) is 16.9 Å². The molecule has 1 amide bonds. The number of primary sulfonamides is 1. The van der Waals surface area contributed by atoms with E-state index in [1.165, 1.54) is 79.9 Å². The van der Waals surface area contributed by atoms with Crippen LogP contribution in [-0.4, -0.2) is 29.9 Å². The minimum atomic E-state index is -3.86. The Balaban J connectivity index is 1.75. The summed E-state index contributed by atoms with van der Waals surface area (Å²) in [4.78, 5) is 12.5. The maximum Gasteiger partial charge on any atom is 0.261 e. The van der Waals surface area contributed by atoms with Crippen LogP contribution in [0.5, 0.6) is 5.75 Å². The molecule has 0 fully saturated rings. The minimum absolute atomic E-state index is 0.0399. The Morgan fingerprint density at radius 3 is 2.03 bits per heavy atom. The number of carbonyl (C=O) groups is 1. The van der Waals surface area contributed by atoms with E-state index in [-0.39, 0.29) is 21.0 Å². The Labute approximate surface area is 180 Å². The van der Waals surface area contributed by atoms with Crippen LogP contribution in [0.15, 0.2) is 82.6 Å². The fraction of sp³-hybridized carbons (Fsp3) is 0.0500. The van der Waals surface area contributed by atoms with Gasteiger partial charge >= 0.3 is 0 Å². The minimum Gasteiger partial charge on any atom is -0.497 e. The predicted octanol–water partition coefficient (Wildman–Crippen LogP) is 2.40. The van der Waals surface area contributed by atoms with Crippen molar-refractivity contribution in [1.29, 1.82) is 0 Å². The fourth-order valence-corrected chi connectivity index (χ4v) is 4.19. The monoisotopic (exact) mass is 461 g/mol. The number of benzene rings is 3. The first kappa shape index (κ1) is 22.3. The van der Waals surface area contributed by atoms with E-state index in [2.05, 4.69) is 10.0 Å². The number of hydrogen-bond donors (Lipinski definition) is 3. The van der Waals surface area contributed by atoms with Crippen molar-refractivity contribution in [2.24, 2.45) is 5.14 Å². The van der Waals surface area contributed by atoms with Crippen molar-refractivity contribution in [1.82, 2.24) is 0 Å². The molecule has 0 atom stereocenters. The molecule has 0 aliphatic rings. The lowest BCUT2D eigenvalue weighted by Gasteiger charge is -2.11. The summed E-state index contributed by atoms with van der Waals surface area (Å²) in [7, 11) is -6.22. The van der Waals surface area contributed by atoms with Crippen molar-refractivity contribution < 1.29 is 26.4 Å². The number of rotatable bonds is 7. The maximum absolute atomic E-state index is 12.6. The SMILES string of the molecule is COc1ccc(S(=O)(=O)Nc2cccc(C(=O)Nc3ccc(S(N)(=O)=O)cc3)c2)cc1. The van der Waals surface area contributed by atoms with E-state index in [4.69, 9.17) is 9.88 Å². The van der Waals surface area contributed by atoms with Crippen LogP contribution < -0.4 is 19.9 Å². The van der Waals surface area contributed by atoms with Gasteiger partial charge in [-0.2, -0.15) is 0 Å². The van der Waals surface area contributed by atoms with Gasteiger partial charge in [-0.15, -0.1) is 0 Å². The van der Waals surface area contributed by atoms with Gasteiger partial charge in [0.15, 0.2) is 0 Å². The van der Waals surface area contributed by atoms with Gasteiger partial charge < -0.3 is 10.1 Å². The van der Waals surface area contributed by atoms with Crippen molar-refractivity contribution in [2.45, 2.75) is 9.79 Å². The van der Waals surface area contributed by atoms with E-state index in [1.807, 2.05) is 0 Å². The van der Waals surface area contributed by atoms with Gasteiger partial charge in [0.1, 0.15) is 5.75 Å². The number of amides is 1. The third kappa shape index (κ3) is 5.60. The molecule has 4 N–H and O–H groups in total. The van der Waals surface area contributed by atoms with Crippen LogP contribution in [0.3, 0.4) is 0 Å². The first-order valence-corrected chi connectivity index (χ1v) is 11.8. The van der Waals surface area contributed by atoms with Crippen molar-refractivity contribution in [3.63, 3.8) is 0 Å². The average molecular weight is 462 g/mol. The van der Waals surface area contributed by atoms with Crippen LogP contribution in [0.4, 0.5) is 11.4 Å². The number of sulfonamides is 2. The molecule has 0 unspecified atom stereocenters. The van der Waals surface area contributed by atoms with Gasteiger partial charge in [0.2, 0.25) is 10.0 Å². The molecule has 3 aromatic rings. The molecule has 0 spiro atoms. The van der Waals surface area contributed by atoms with Gasteiger partial charge in [-0.05, 0) is 66.7 Å². The van der Waals surface area contributed by atoms with E-state index in [9.17, 15) is 21.6 Å². The second kappa shape index (κ2) is 8.76. The molecule has 0 aliphatic carbocycles. The van der Waals surface area contributed by atoms with Crippen molar-refractivity contribution >= 4 is 37.3 Å². The molecular weight excluding hydrogens is 442 g/mol. The van der Waals surface area contributed by atoms with Crippen LogP contribution in [0, 0.1) is 0 Å². The summed E-state index contributed by atoms with van der Waals surface area (Å²) < 4.78 is 55.2. The highest BCUT2D eigenvalue weighted by atomic mass is 32.2. The number of nitrogens with two attached hydrogens (primary N) is 1. The molecule has 0 heterocycles. The first-order chi connectivity index (χ1) is 14.6. The molecule has 11 heteroatoms. The summed E-state index contributed by atoms with van der Waals surface area (Å²) in [5.74, 6) is 0.0172. The zero-order valence-electron chi connectivity index (χ0n) is 16.3. The van der Waals surface area contributed by atoms with Crippen LogP contribution in [-0.2, 0) is 20.0 Å². The summed E-state index contributed by atoms with van der Waals surface area (Å²) in [5, 5.41) is 7.65. The number of anilines is 2. The van der Waals surface area contributed by atoms with Crippen molar-refractivity contribution in [2.75, 3.05) is 17.1 Å². The number of methoxy groups -OCH3 is 1. The second-order valence-electron chi connectivity index (χ2n) is 6.39. The van der Waals surface area contributed by atoms with Gasteiger partial charge in [0, 0.05) is 16.9 Å². The number of hydrogen-bond acceptors (Lipinski definition) is 6. The van der Waals surface area contributed by atoms with Gasteiger partial charge in [-0.3, -0.25) is 9.52 Å². The normalized spacial score (nSPS) is 11.5. The number of carbonyl (C=O) groups excluding carboxylic acids is 1. The quantitative estimate of drug-likeness (QED) is 0.493. The fourth-order valence-electron chi connectivity index (χ4n) is 2.62. The van der Waals surface area contributed by atoms with Gasteiger partial charge in [-0.25, -0.2) is 22.0 Å². The lowest BCUT2D eigenvalue weighted by atomic mass is 10.2. The van der Waals surface area contributed by atoms with E-state index in [0.717, 1.165) is 0 Å². The summed E-state index contributed by atoms with van der Waals surface area (Å²) >= 11 is 0. The Kier molecular flexibility index (Phi) is 6.29. The maximum atomic E-state index is 12.6. The lowest BCUT2D eigenvalue weighted by molar-refractivity contribution is 0.102. The summed E-state index contributed by atoms with van der Waals surface area (Å²) in [5.41, 5.74) is 0.750. The van der Waals surface area contributed by atoms with Crippen LogP contribution in [0.2, 0.25) is 0 Å². The largest absolute Gasteiger partial charge is 0.497 e. The molecule has 0 radical (unpaired) electrons. The second-order valence-corrected chi connectivity index (χ2v) is 9.63. The molecule has 0 aromatic heterocycles. The lowest BCUT2D eigenvalue weighted by Crippen LogP contribution is -2.15. The summed E-state index contributed by atoms with van der Waals surface area (Å²) in [6, 6.07) is 17.1. The average Bonchev–Trinajstić information content (AvgIpc) is 2.73. The van der Waals surface area contributed by atoms with E-state index in [0.29, 0.717) is 11.4 Å². The molecule has 3 aromatic carbocycles. The van der Waals surface area contributed by atoms with Crippen LogP contribution in [0.25, 0.3) is 0 Å². The summed E-state index contributed by atoms with van der Waals surface area (Å²) in [6.07, 6.45) is 0. The zero-order valence-corrected chi connectivity index (χ0v) is 17.9. The van der Waals surface area contributed by atoms with Crippen LogP contribution >= 0.6 is 0 Å². The van der Waals surface area contributed by atoms with Crippen molar-refractivity contribution in [3.8, 4) is 5.75 Å². The molecule has 0 saturated carbocycles. The smallest absolute Gasteiger partial charge is 0.261 e. The molecule has 0 bridgehead atoms. The molecule has 9 nitrogen and oxygen atoms in total. The van der Waals surface area contributed by atoms with Crippen LogP contribution in [0.1, 0.15) is 10.4 Å². The Hall–Kier alpha value is -3.41. The molecule has 3 rings (SSSR count). The Bertz CT molecular complexity index is 1300. The third-order valence-corrected chi connectivity index (χ3v) is 6.51. The standard InChI is InChI=1S/C20H19N3O6S2/c1-29-17-7-11-19(12-8-17)31(27,28)23-16-4-2-3-14(13-16)20(24)22-15-5-9-18(10-6-15)30(21,25)26/h2-13,23H,1H3,(H,22,24)(H2,21,25,26). The van der Waals surface area contributed by atoms with E-state index < -0.39 is 26.0 Å². The number of nitrogens with one attached hydrogen (secondary N) is 2. The molecule has 0 aliphatic heterocycles.